The maximum Gasteiger partial charge on any atom is 0.207 e. The molecule has 3 rings (SSSR count). The van der Waals surface area contributed by atoms with E-state index in [9.17, 15) is 4.79 Å². The Balaban J connectivity index is 1.71. The maximum atomic E-state index is 12.5. The number of aromatic nitrogens is 3. The molecule has 0 bridgehead atoms. The van der Waals surface area contributed by atoms with Crippen LogP contribution < -0.4 is 0 Å². The first-order valence-corrected chi connectivity index (χ1v) is 8.09. The molecule has 0 amide bonds. The van der Waals surface area contributed by atoms with E-state index in [2.05, 4.69) is 34.0 Å². The second-order valence-corrected chi connectivity index (χ2v) is 6.18. The first-order chi connectivity index (χ1) is 10.7. The summed E-state index contributed by atoms with van der Waals surface area (Å²) in [6.07, 6.45) is 1.76. The van der Waals surface area contributed by atoms with Crippen molar-refractivity contribution in [2.45, 2.75) is 20.4 Å². The largest absolute Gasteiger partial charge is 0.292 e. The lowest BCUT2D eigenvalue weighted by Crippen LogP contribution is -2.29. The van der Waals surface area contributed by atoms with Gasteiger partial charge in [0.15, 0.2) is 5.01 Å². The van der Waals surface area contributed by atoms with Gasteiger partial charge in [-0.15, -0.1) is 0 Å². The summed E-state index contributed by atoms with van der Waals surface area (Å²) in [4.78, 5) is 19.7. The van der Waals surface area contributed by atoms with Gasteiger partial charge >= 0.3 is 0 Å². The molecule has 0 fully saturated rings. The maximum absolute atomic E-state index is 12.5. The molecule has 0 saturated carbocycles. The number of aryl methyl sites for hydroxylation is 1. The van der Waals surface area contributed by atoms with Gasteiger partial charge in [0.1, 0.15) is 10.7 Å². The minimum absolute atomic E-state index is 0.0610. The van der Waals surface area contributed by atoms with E-state index in [1.54, 1.807) is 10.7 Å². The molecule has 0 atom stereocenters. The number of benzene rings is 1. The highest BCUT2D eigenvalue weighted by molar-refractivity contribution is 7.18. The van der Waals surface area contributed by atoms with Crippen LogP contribution in [0.3, 0.4) is 0 Å². The second kappa shape index (κ2) is 6.37. The van der Waals surface area contributed by atoms with Crippen molar-refractivity contribution in [2.75, 3.05) is 13.1 Å². The zero-order valence-electron chi connectivity index (χ0n) is 12.7. The minimum Gasteiger partial charge on any atom is -0.292 e. The number of fused-ring (bicyclic) bond motifs is 1. The Kier molecular flexibility index (Phi) is 4.31. The molecule has 0 N–H and O–H groups in total. The van der Waals surface area contributed by atoms with Crippen LogP contribution in [0.4, 0.5) is 0 Å². The zero-order valence-corrected chi connectivity index (χ0v) is 13.5. The van der Waals surface area contributed by atoms with Crippen molar-refractivity contribution in [3.05, 3.63) is 52.9 Å². The van der Waals surface area contributed by atoms with Gasteiger partial charge < -0.3 is 0 Å². The Bertz CT molecular complexity index is 778. The summed E-state index contributed by atoms with van der Waals surface area (Å²) in [6, 6.07) is 10.2. The van der Waals surface area contributed by atoms with E-state index in [-0.39, 0.29) is 5.78 Å². The molecule has 2 heterocycles. The molecule has 2 aromatic heterocycles. The predicted octanol–water partition coefficient (Wildman–Crippen LogP) is 2.80. The van der Waals surface area contributed by atoms with Gasteiger partial charge in [0.2, 0.25) is 5.78 Å². The summed E-state index contributed by atoms with van der Waals surface area (Å²) in [5.74, 6) is 0.868. The fourth-order valence-electron chi connectivity index (χ4n) is 2.32. The van der Waals surface area contributed by atoms with E-state index in [0.717, 1.165) is 23.7 Å². The van der Waals surface area contributed by atoms with Crippen LogP contribution in [0.1, 0.15) is 28.1 Å². The predicted molar refractivity (Wildman–Crippen MR) is 87.3 cm³/mol. The van der Waals surface area contributed by atoms with Crippen LogP contribution in [-0.4, -0.2) is 38.4 Å². The number of rotatable bonds is 6. The average Bonchev–Trinajstić information content (AvgIpc) is 3.10. The highest BCUT2D eigenvalue weighted by Gasteiger charge is 2.17. The van der Waals surface area contributed by atoms with E-state index in [1.807, 2.05) is 25.1 Å². The molecular formula is C16H18N4OS. The third kappa shape index (κ3) is 3.08. The molecule has 0 spiro atoms. The van der Waals surface area contributed by atoms with Crippen molar-refractivity contribution in [3.8, 4) is 0 Å². The van der Waals surface area contributed by atoms with E-state index < -0.39 is 0 Å². The van der Waals surface area contributed by atoms with Crippen LogP contribution in [0, 0.1) is 6.92 Å². The summed E-state index contributed by atoms with van der Waals surface area (Å²) in [5, 5.41) is 4.91. The van der Waals surface area contributed by atoms with Gasteiger partial charge in [0, 0.05) is 6.54 Å². The molecule has 1 aromatic carbocycles. The highest BCUT2D eigenvalue weighted by atomic mass is 32.1. The number of hydrogen-bond donors (Lipinski definition) is 0. The molecule has 0 unspecified atom stereocenters. The van der Waals surface area contributed by atoms with Gasteiger partial charge in [0.05, 0.1) is 12.7 Å². The standard InChI is InChI=1S/C16H18N4OS/c1-3-19(10-13-7-5-4-6-8-13)11-14(21)16-18-20-12(2)17-9-15(20)22-16/h4-9H,3,10-11H2,1-2H3. The molecule has 6 heteroatoms. The van der Waals surface area contributed by atoms with E-state index in [0.29, 0.717) is 11.6 Å². The first kappa shape index (κ1) is 14.9. The lowest BCUT2D eigenvalue weighted by molar-refractivity contribution is 0.0928. The molecule has 5 nitrogen and oxygen atoms in total. The SMILES string of the molecule is CCN(CC(=O)c1nn2c(C)ncc2s1)Cc1ccccc1. The first-order valence-electron chi connectivity index (χ1n) is 7.28. The van der Waals surface area contributed by atoms with Gasteiger partial charge in [-0.2, -0.15) is 5.10 Å². The monoisotopic (exact) mass is 314 g/mol. The molecule has 3 aromatic rings. The van der Waals surface area contributed by atoms with Crippen LogP contribution >= 0.6 is 11.3 Å². The Morgan fingerprint density at radius 3 is 2.77 bits per heavy atom. The number of hydrogen-bond acceptors (Lipinski definition) is 5. The number of likely N-dealkylation sites (N-methyl/N-ethyl adjacent to an activating group) is 1. The van der Waals surface area contributed by atoms with E-state index in [4.69, 9.17) is 0 Å². The van der Waals surface area contributed by atoms with Crippen LogP contribution in [0.5, 0.6) is 0 Å². The fourth-order valence-corrected chi connectivity index (χ4v) is 3.19. The smallest absolute Gasteiger partial charge is 0.207 e. The van der Waals surface area contributed by atoms with Crippen molar-refractivity contribution in [1.29, 1.82) is 0 Å². The molecule has 0 radical (unpaired) electrons. The molecule has 114 valence electrons. The topological polar surface area (TPSA) is 50.5 Å². The number of imidazole rings is 1. The average molecular weight is 314 g/mol. The number of carbonyl (C=O) groups is 1. The van der Waals surface area contributed by atoms with Crippen molar-refractivity contribution < 1.29 is 4.79 Å². The summed E-state index contributed by atoms with van der Waals surface area (Å²) < 4.78 is 1.73. The Morgan fingerprint density at radius 2 is 2.09 bits per heavy atom. The van der Waals surface area contributed by atoms with Gasteiger partial charge in [-0.25, -0.2) is 9.50 Å². The van der Waals surface area contributed by atoms with Gasteiger partial charge in [-0.3, -0.25) is 9.69 Å². The normalized spacial score (nSPS) is 11.4. The van der Waals surface area contributed by atoms with Crippen LogP contribution in [-0.2, 0) is 6.54 Å². The Hall–Kier alpha value is -2.05. The zero-order chi connectivity index (χ0) is 15.5. The van der Waals surface area contributed by atoms with Gasteiger partial charge in [-0.05, 0) is 19.0 Å². The minimum atomic E-state index is 0.0610. The quantitative estimate of drug-likeness (QED) is 0.657. The lowest BCUT2D eigenvalue weighted by atomic mass is 10.2. The summed E-state index contributed by atoms with van der Waals surface area (Å²) in [7, 11) is 0. The molecule has 0 aliphatic carbocycles. The van der Waals surface area contributed by atoms with Crippen LogP contribution in [0.2, 0.25) is 0 Å². The summed E-state index contributed by atoms with van der Waals surface area (Å²) in [6.45, 7) is 5.93. The molecule has 0 aliphatic rings. The molecule has 0 saturated heterocycles. The Morgan fingerprint density at radius 1 is 1.32 bits per heavy atom. The van der Waals surface area contributed by atoms with Crippen LogP contribution in [0.15, 0.2) is 36.5 Å². The van der Waals surface area contributed by atoms with E-state index >= 15 is 0 Å². The van der Waals surface area contributed by atoms with Crippen LogP contribution in [0.25, 0.3) is 4.83 Å². The fraction of sp³-hybridized carbons (Fsp3) is 0.312. The van der Waals surface area contributed by atoms with E-state index in [1.165, 1.54) is 16.9 Å². The number of Topliss-reactive ketones (excluding diaryl/α,β-unsaturated/α-hetero) is 1. The lowest BCUT2D eigenvalue weighted by Gasteiger charge is -2.18. The third-order valence-electron chi connectivity index (χ3n) is 3.57. The Labute approximate surface area is 133 Å². The summed E-state index contributed by atoms with van der Waals surface area (Å²) in [5.41, 5.74) is 1.21. The van der Waals surface area contributed by atoms with Crippen molar-refractivity contribution >= 4 is 22.0 Å². The van der Waals surface area contributed by atoms with Gasteiger partial charge in [0.25, 0.3) is 0 Å². The van der Waals surface area contributed by atoms with Crippen molar-refractivity contribution in [2.24, 2.45) is 0 Å². The molecule has 22 heavy (non-hydrogen) atoms. The highest BCUT2D eigenvalue weighted by Crippen LogP contribution is 2.17. The third-order valence-corrected chi connectivity index (χ3v) is 4.56. The summed E-state index contributed by atoms with van der Waals surface area (Å²) >= 11 is 1.40. The van der Waals surface area contributed by atoms with Gasteiger partial charge in [-0.1, -0.05) is 48.6 Å². The van der Waals surface area contributed by atoms with Crippen molar-refractivity contribution in [3.63, 3.8) is 0 Å². The van der Waals surface area contributed by atoms with Crippen molar-refractivity contribution in [1.82, 2.24) is 19.5 Å². The number of ketones is 1. The number of carbonyl (C=O) groups excluding carboxylic acids is 1. The number of nitrogens with zero attached hydrogens (tertiary/aromatic N) is 4. The molecular weight excluding hydrogens is 296 g/mol. The molecule has 0 aliphatic heterocycles. The second-order valence-electron chi connectivity index (χ2n) is 5.17.